The van der Waals surface area contributed by atoms with E-state index in [2.05, 4.69) is 9.72 Å². The molecule has 0 radical (unpaired) electrons. The Kier molecular flexibility index (Phi) is 4.97. The number of nitrogens with zero attached hydrogens (tertiary/aromatic N) is 2. The van der Waals surface area contributed by atoms with E-state index in [0.29, 0.717) is 27.8 Å². The average Bonchev–Trinajstić information content (AvgIpc) is 3.16. The van der Waals surface area contributed by atoms with Gasteiger partial charge in [-0.15, -0.1) is 13.2 Å². The molecule has 4 rings (SSSR count). The minimum atomic E-state index is -4.76. The fourth-order valence-corrected chi connectivity index (χ4v) is 3.05. The van der Waals surface area contributed by atoms with E-state index >= 15 is 0 Å². The van der Waals surface area contributed by atoms with Crippen LogP contribution < -0.4 is 9.47 Å². The molecule has 1 aromatic heterocycles. The molecule has 1 heterocycles. The summed E-state index contributed by atoms with van der Waals surface area (Å²) in [5.74, 6) is -0.0147. The van der Waals surface area contributed by atoms with E-state index < -0.39 is 11.3 Å². The average molecular weight is 430 g/mol. The number of ether oxygens (including phenoxy) is 2. The van der Waals surface area contributed by atoms with Gasteiger partial charge in [0.1, 0.15) is 11.3 Å². The highest BCUT2D eigenvalue weighted by molar-refractivity contribution is 5.82. The van der Waals surface area contributed by atoms with E-state index in [1.54, 1.807) is 24.3 Å². The molecule has 0 saturated heterocycles. The molecule has 0 N–H and O–H groups in total. The van der Waals surface area contributed by atoms with Crippen molar-refractivity contribution in [2.24, 2.45) is 0 Å². The maximum Gasteiger partial charge on any atom is 0.573 e. The SMILES string of the molecule is COc1ccc(-c2nc3cc(-c4ccc(OC(F)(F)F)cc4)ccc3o2)cc1[N+](=O)[O-]. The Hall–Kier alpha value is -4.08. The summed E-state index contributed by atoms with van der Waals surface area (Å²) in [6, 6.07) is 14.9. The van der Waals surface area contributed by atoms with Gasteiger partial charge in [-0.3, -0.25) is 10.1 Å². The highest BCUT2D eigenvalue weighted by Crippen LogP contribution is 2.34. The smallest absolute Gasteiger partial charge is 0.490 e. The highest BCUT2D eigenvalue weighted by Gasteiger charge is 2.31. The lowest BCUT2D eigenvalue weighted by molar-refractivity contribution is -0.385. The normalized spacial score (nSPS) is 11.5. The van der Waals surface area contributed by atoms with Crippen LogP contribution in [0.3, 0.4) is 0 Å². The summed E-state index contributed by atoms with van der Waals surface area (Å²) in [6.07, 6.45) is -4.76. The van der Waals surface area contributed by atoms with Crippen LogP contribution in [0.2, 0.25) is 0 Å². The largest absolute Gasteiger partial charge is 0.573 e. The maximum atomic E-state index is 12.3. The molecule has 4 aromatic rings. The highest BCUT2D eigenvalue weighted by atomic mass is 19.4. The minimum absolute atomic E-state index is 0.116. The number of halogens is 3. The van der Waals surface area contributed by atoms with Crippen molar-refractivity contribution in [2.75, 3.05) is 7.11 Å². The molecule has 0 spiro atoms. The van der Waals surface area contributed by atoms with Gasteiger partial charge in [0.05, 0.1) is 12.0 Å². The predicted molar refractivity (Wildman–Crippen MR) is 105 cm³/mol. The Balaban J connectivity index is 1.66. The van der Waals surface area contributed by atoms with Gasteiger partial charge < -0.3 is 13.9 Å². The summed E-state index contributed by atoms with van der Waals surface area (Å²) in [4.78, 5) is 15.1. The lowest BCUT2D eigenvalue weighted by atomic mass is 10.1. The fraction of sp³-hybridized carbons (Fsp3) is 0.0952. The molecule has 0 bridgehead atoms. The minimum Gasteiger partial charge on any atom is -0.490 e. The van der Waals surface area contributed by atoms with Crippen molar-refractivity contribution >= 4 is 16.8 Å². The number of nitro benzene ring substituents is 1. The number of alkyl halides is 3. The molecule has 10 heteroatoms. The van der Waals surface area contributed by atoms with Crippen LogP contribution in [-0.4, -0.2) is 23.4 Å². The van der Waals surface area contributed by atoms with E-state index in [0.717, 1.165) is 0 Å². The van der Waals surface area contributed by atoms with Crippen molar-refractivity contribution in [1.29, 1.82) is 0 Å². The van der Waals surface area contributed by atoms with Crippen molar-refractivity contribution in [2.45, 2.75) is 6.36 Å². The van der Waals surface area contributed by atoms with Gasteiger partial charge in [0.25, 0.3) is 0 Å². The molecule has 3 aromatic carbocycles. The van der Waals surface area contributed by atoms with E-state index in [-0.39, 0.29) is 23.1 Å². The Bertz CT molecular complexity index is 1270. The summed E-state index contributed by atoms with van der Waals surface area (Å²) < 4.78 is 51.5. The Morgan fingerprint density at radius 1 is 0.968 bits per heavy atom. The molecule has 7 nitrogen and oxygen atoms in total. The number of aromatic nitrogens is 1. The molecular weight excluding hydrogens is 417 g/mol. The summed E-state index contributed by atoms with van der Waals surface area (Å²) in [5.41, 5.74) is 2.48. The van der Waals surface area contributed by atoms with Gasteiger partial charge in [-0.1, -0.05) is 18.2 Å². The first-order valence-electron chi connectivity index (χ1n) is 8.83. The van der Waals surface area contributed by atoms with Crippen molar-refractivity contribution in [1.82, 2.24) is 4.98 Å². The molecule has 158 valence electrons. The second-order valence-electron chi connectivity index (χ2n) is 6.42. The van der Waals surface area contributed by atoms with Gasteiger partial charge >= 0.3 is 12.0 Å². The number of oxazole rings is 1. The Labute approximate surface area is 172 Å². The van der Waals surface area contributed by atoms with Crippen LogP contribution in [0.15, 0.2) is 65.1 Å². The first-order chi connectivity index (χ1) is 14.7. The van der Waals surface area contributed by atoms with Gasteiger partial charge in [0.15, 0.2) is 11.3 Å². The van der Waals surface area contributed by atoms with Crippen LogP contribution in [0.4, 0.5) is 18.9 Å². The third kappa shape index (κ3) is 4.27. The molecule has 31 heavy (non-hydrogen) atoms. The zero-order valence-corrected chi connectivity index (χ0v) is 15.8. The number of benzene rings is 3. The van der Waals surface area contributed by atoms with Gasteiger partial charge in [-0.05, 0) is 47.5 Å². The van der Waals surface area contributed by atoms with Crippen LogP contribution in [0.1, 0.15) is 0 Å². The van der Waals surface area contributed by atoms with Crippen LogP contribution in [0.5, 0.6) is 11.5 Å². The van der Waals surface area contributed by atoms with Crippen LogP contribution in [0.25, 0.3) is 33.7 Å². The molecule has 0 aliphatic heterocycles. The van der Waals surface area contributed by atoms with Crippen molar-refractivity contribution < 1.29 is 32.0 Å². The Morgan fingerprint density at radius 2 is 1.65 bits per heavy atom. The lowest BCUT2D eigenvalue weighted by Gasteiger charge is -2.09. The van der Waals surface area contributed by atoms with Gasteiger partial charge in [0, 0.05) is 11.6 Å². The standard InChI is InChI=1S/C21H13F3N2O5/c1-29-19-9-5-14(11-17(19)26(27)28)20-25-16-10-13(4-8-18(16)30-20)12-2-6-15(7-3-12)31-21(22,23)24/h2-11H,1H3. The molecule has 0 aliphatic rings. The first kappa shape index (κ1) is 20.2. The maximum absolute atomic E-state index is 12.3. The number of rotatable bonds is 5. The van der Waals surface area contributed by atoms with Crippen molar-refractivity contribution in [3.8, 4) is 34.1 Å². The second kappa shape index (κ2) is 7.63. The molecule has 0 amide bonds. The molecule has 0 fully saturated rings. The number of fused-ring (bicyclic) bond motifs is 1. The predicted octanol–water partition coefficient (Wildman–Crippen LogP) is 5.98. The third-order valence-corrected chi connectivity index (χ3v) is 4.43. The van der Waals surface area contributed by atoms with E-state index in [4.69, 9.17) is 9.15 Å². The van der Waals surface area contributed by atoms with E-state index in [9.17, 15) is 23.3 Å². The van der Waals surface area contributed by atoms with Gasteiger partial charge in [0.2, 0.25) is 5.89 Å². The zero-order valence-electron chi connectivity index (χ0n) is 15.8. The number of hydrogen-bond acceptors (Lipinski definition) is 6. The summed E-state index contributed by atoms with van der Waals surface area (Å²) in [6.45, 7) is 0. The van der Waals surface area contributed by atoms with Crippen molar-refractivity contribution in [3.05, 3.63) is 70.8 Å². The topological polar surface area (TPSA) is 87.6 Å². The summed E-state index contributed by atoms with van der Waals surface area (Å²) in [5, 5.41) is 11.2. The molecular formula is C21H13F3N2O5. The van der Waals surface area contributed by atoms with E-state index in [1.165, 1.54) is 43.5 Å². The molecule has 0 atom stereocenters. The number of hydrogen-bond donors (Lipinski definition) is 0. The number of methoxy groups -OCH3 is 1. The lowest BCUT2D eigenvalue weighted by Crippen LogP contribution is -2.16. The van der Waals surface area contributed by atoms with Crippen molar-refractivity contribution in [3.63, 3.8) is 0 Å². The quantitative estimate of drug-likeness (QED) is 0.286. The van der Waals surface area contributed by atoms with Crippen LogP contribution in [-0.2, 0) is 0 Å². The third-order valence-electron chi connectivity index (χ3n) is 4.43. The second-order valence-corrected chi connectivity index (χ2v) is 6.42. The number of nitro groups is 1. The molecule has 0 unspecified atom stereocenters. The summed E-state index contributed by atoms with van der Waals surface area (Å²) in [7, 11) is 1.34. The van der Waals surface area contributed by atoms with Gasteiger partial charge in [-0.25, -0.2) is 4.98 Å². The fourth-order valence-electron chi connectivity index (χ4n) is 3.05. The van der Waals surface area contributed by atoms with Crippen LogP contribution >= 0.6 is 0 Å². The molecule has 0 saturated carbocycles. The summed E-state index contributed by atoms with van der Waals surface area (Å²) >= 11 is 0. The van der Waals surface area contributed by atoms with E-state index in [1.807, 2.05) is 0 Å². The van der Waals surface area contributed by atoms with Crippen LogP contribution in [0, 0.1) is 10.1 Å². The monoisotopic (exact) mass is 430 g/mol. The Morgan fingerprint density at radius 3 is 2.29 bits per heavy atom. The first-order valence-corrected chi connectivity index (χ1v) is 8.83. The van der Waals surface area contributed by atoms with Gasteiger partial charge in [-0.2, -0.15) is 0 Å². The molecule has 0 aliphatic carbocycles. The zero-order chi connectivity index (χ0) is 22.2.